The van der Waals surface area contributed by atoms with E-state index < -0.39 is 0 Å². The van der Waals surface area contributed by atoms with Crippen molar-refractivity contribution in [3.8, 4) is 17.5 Å². The predicted molar refractivity (Wildman–Crippen MR) is 106 cm³/mol. The van der Waals surface area contributed by atoms with E-state index in [9.17, 15) is 4.79 Å². The summed E-state index contributed by atoms with van der Waals surface area (Å²) in [7, 11) is 1.75. The van der Waals surface area contributed by atoms with Crippen LogP contribution in [0.5, 0.6) is 5.75 Å². The van der Waals surface area contributed by atoms with Crippen molar-refractivity contribution in [3.63, 3.8) is 0 Å². The summed E-state index contributed by atoms with van der Waals surface area (Å²) < 4.78 is 7.44. The fraction of sp³-hybridized carbons (Fsp3) is 0.227. The summed E-state index contributed by atoms with van der Waals surface area (Å²) in [5.41, 5.74) is 4.48. The van der Waals surface area contributed by atoms with Gasteiger partial charge in [-0.1, -0.05) is 18.2 Å². The Hall–Kier alpha value is -3.59. The van der Waals surface area contributed by atoms with Crippen molar-refractivity contribution < 1.29 is 9.53 Å². The Morgan fingerprint density at radius 3 is 2.46 bits per heavy atom. The quantitative estimate of drug-likeness (QED) is 0.663. The lowest BCUT2D eigenvalue weighted by atomic mass is 10.2. The van der Waals surface area contributed by atoms with Gasteiger partial charge in [0.2, 0.25) is 0 Å². The fourth-order valence-corrected chi connectivity index (χ4v) is 2.93. The van der Waals surface area contributed by atoms with E-state index >= 15 is 0 Å². The first kappa shape index (κ1) is 19.2. The summed E-state index contributed by atoms with van der Waals surface area (Å²) in [6.45, 7) is 4.36. The average molecular weight is 374 g/mol. The highest BCUT2D eigenvalue weighted by molar-refractivity contribution is 5.77. The van der Waals surface area contributed by atoms with Gasteiger partial charge in [0.25, 0.3) is 5.91 Å². The van der Waals surface area contributed by atoms with E-state index in [-0.39, 0.29) is 12.5 Å². The van der Waals surface area contributed by atoms with Crippen LogP contribution in [0.4, 0.5) is 0 Å². The van der Waals surface area contributed by atoms with E-state index in [2.05, 4.69) is 11.2 Å². The number of likely N-dealkylation sites (N-methyl/N-ethyl adjacent to an activating group) is 1. The molecule has 28 heavy (non-hydrogen) atoms. The van der Waals surface area contributed by atoms with Crippen LogP contribution in [0.2, 0.25) is 0 Å². The van der Waals surface area contributed by atoms with E-state index in [1.54, 1.807) is 36.2 Å². The predicted octanol–water partition coefficient (Wildman–Crippen LogP) is 3.40. The Balaban J connectivity index is 1.65. The maximum Gasteiger partial charge on any atom is 0.260 e. The molecule has 1 aromatic heterocycles. The molecule has 142 valence electrons. The molecule has 0 spiro atoms. The molecule has 2 aromatic carbocycles. The number of ether oxygens (including phenoxy) is 1. The molecule has 6 heteroatoms. The Labute approximate surface area is 164 Å². The molecule has 6 nitrogen and oxygen atoms in total. The highest BCUT2D eigenvalue weighted by atomic mass is 16.5. The molecule has 0 aliphatic rings. The summed E-state index contributed by atoms with van der Waals surface area (Å²) in [5.74, 6) is 0.431. The second-order valence-corrected chi connectivity index (χ2v) is 6.57. The van der Waals surface area contributed by atoms with Gasteiger partial charge in [0, 0.05) is 24.8 Å². The van der Waals surface area contributed by atoms with Crippen LogP contribution in [0, 0.1) is 25.2 Å². The molecule has 3 rings (SSSR count). The van der Waals surface area contributed by atoms with E-state index in [0.717, 1.165) is 22.6 Å². The van der Waals surface area contributed by atoms with Crippen LogP contribution in [0.25, 0.3) is 5.69 Å². The molecule has 0 fully saturated rings. The lowest BCUT2D eigenvalue weighted by molar-refractivity contribution is -0.132. The number of carbonyl (C=O) groups is 1. The van der Waals surface area contributed by atoms with Gasteiger partial charge in [-0.25, -0.2) is 4.68 Å². The molecule has 0 saturated heterocycles. The van der Waals surface area contributed by atoms with Crippen molar-refractivity contribution in [2.24, 2.45) is 0 Å². The van der Waals surface area contributed by atoms with Crippen molar-refractivity contribution in [1.82, 2.24) is 14.7 Å². The molecule has 0 atom stereocenters. The van der Waals surface area contributed by atoms with Crippen molar-refractivity contribution in [3.05, 3.63) is 77.1 Å². The molecule has 0 aliphatic heterocycles. The zero-order valence-corrected chi connectivity index (χ0v) is 16.2. The standard InChI is InChI=1S/C22H22N4O2/c1-16-21(17(2)26(24-16)19-7-5-4-6-8-19)14-25(3)22(27)15-28-20-11-9-18(13-23)10-12-20/h4-12H,14-15H2,1-3H3. The first-order valence-electron chi connectivity index (χ1n) is 8.97. The SMILES string of the molecule is Cc1nn(-c2ccccc2)c(C)c1CN(C)C(=O)COc1ccc(C#N)cc1. The van der Waals surface area contributed by atoms with Crippen LogP contribution in [0.15, 0.2) is 54.6 Å². The number of nitrogens with zero attached hydrogens (tertiary/aromatic N) is 4. The number of para-hydroxylation sites is 1. The molecule has 1 amide bonds. The lowest BCUT2D eigenvalue weighted by Crippen LogP contribution is -2.31. The minimum Gasteiger partial charge on any atom is -0.484 e. The largest absolute Gasteiger partial charge is 0.484 e. The highest BCUT2D eigenvalue weighted by Gasteiger charge is 2.17. The van der Waals surface area contributed by atoms with E-state index in [4.69, 9.17) is 10.00 Å². The van der Waals surface area contributed by atoms with Gasteiger partial charge in [0.05, 0.1) is 23.0 Å². The van der Waals surface area contributed by atoms with Crippen LogP contribution < -0.4 is 4.74 Å². The van der Waals surface area contributed by atoms with Gasteiger partial charge in [0.15, 0.2) is 6.61 Å². The summed E-state index contributed by atoms with van der Waals surface area (Å²) in [6.07, 6.45) is 0. The average Bonchev–Trinajstić information content (AvgIpc) is 3.01. The number of amides is 1. The maximum atomic E-state index is 12.5. The zero-order chi connectivity index (χ0) is 20.1. The number of rotatable bonds is 6. The Morgan fingerprint density at radius 2 is 1.82 bits per heavy atom. The summed E-state index contributed by atoms with van der Waals surface area (Å²) in [6, 6.07) is 18.7. The van der Waals surface area contributed by atoms with Crippen LogP contribution in [0.1, 0.15) is 22.5 Å². The molecular weight excluding hydrogens is 352 g/mol. The monoisotopic (exact) mass is 374 g/mol. The van der Waals surface area contributed by atoms with E-state index in [1.165, 1.54) is 0 Å². The molecule has 0 bridgehead atoms. The van der Waals surface area contributed by atoms with Gasteiger partial charge in [-0.3, -0.25) is 4.79 Å². The summed E-state index contributed by atoms with van der Waals surface area (Å²) in [4.78, 5) is 14.1. The second-order valence-electron chi connectivity index (χ2n) is 6.57. The van der Waals surface area contributed by atoms with Gasteiger partial charge in [-0.05, 0) is 50.2 Å². The van der Waals surface area contributed by atoms with E-state index in [0.29, 0.717) is 17.9 Å². The first-order valence-corrected chi connectivity index (χ1v) is 8.97. The molecular formula is C22H22N4O2. The molecule has 0 N–H and O–H groups in total. The topological polar surface area (TPSA) is 71.2 Å². The third kappa shape index (κ3) is 4.21. The Bertz CT molecular complexity index is 1000. The smallest absolute Gasteiger partial charge is 0.260 e. The maximum absolute atomic E-state index is 12.5. The molecule has 0 radical (unpaired) electrons. The zero-order valence-electron chi connectivity index (χ0n) is 16.2. The number of aryl methyl sites for hydroxylation is 1. The van der Waals surface area contributed by atoms with Crippen LogP contribution in [-0.4, -0.2) is 34.2 Å². The molecule has 0 unspecified atom stereocenters. The second kappa shape index (κ2) is 8.40. The van der Waals surface area contributed by atoms with Crippen LogP contribution >= 0.6 is 0 Å². The van der Waals surface area contributed by atoms with E-state index in [1.807, 2.05) is 48.9 Å². The van der Waals surface area contributed by atoms with Gasteiger partial charge in [-0.15, -0.1) is 0 Å². The van der Waals surface area contributed by atoms with Gasteiger partial charge >= 0.3 is 0 Å². The minimum atomic E-state index is -0.129. The third-order valence-electron chi connectivity index (χ3n) is 4.61. The highest BCUT2D eigenvalue weighted by Crippen LogP contribution is 2.19. The number of hydrogen-bond donors (Lipinski definition) is 0. The molecule has 3 aromatic rings. The minimum absolute atomic E-state index is 0.0622. The number of aromatic nitrogens is 2. The molecule has 0 aliphatic carbocycles. The van der Waals surface area contributed by atoms with Crippen LogP contribution in [0.3, 0.4) is 0 Å². The normalized spacial score (nSPS) is 10.4. The van der Waals surface area contributed by atoms with Crippen molar-refractivity contribution in [2.75, 3.05) is 13.7 Å². The van der Waals surface area contributed by atoms with Gasteiger partial charge < -0.3 is 9.64 Å². The van der Waals surface area contributed by atoms with Crippen molar-refractivity contribution in [2.45, 2.75) is 20.4 Å². The molecule has 0 saturated carbocycles. The third-order valence-corrected chi connectivity index (χ3v) is 4.61. The van der Waals surface area contributed by atoms with Gasteiger partial charge in [0.1, 0.15) is 5.75 Å². The number of nitriles is 1. The summed E-state index contributed by atoms with van der Waals surface area (Å²) in [5, 5.41) is 13.4. The Morgan fingerprint density at radius 1 is 1.14 bits per heavy atom. The molecule has 1 heterocycles. The number of benzene rings is 2. The number of hydrogen-bond acceptors (Lipinski definition) is 4. The lowest BCUT2D eigenvalue weighted by Gasteiger charge is -2.18. The number of carbonyl (C=O) groups excluding carboxylic acids is 1. The first-order chi connectivity index (χ1) is 13.5. The fourth-order valence-electron chi connectivity index (χ4n) is 2.93. The summed E-state index contributed by atoms with van der Waals surface area (Å²) >= 11 is 0. The van der Waals surface area contributed by atoms with Gasteiger partial charge in [-0.2, -0.15) is 10.4 Å². The Kier molecular flexibility index (Phi) is 5.75. The van der Waals surface area contributed by atoms with Crippen molar-refractivity contribution in [1.29, 1.82) is 5.26 Å². The van der Waals surface area contributed by atoms with Crippen molar-refractivity contribution >= 4 is 5.91 Å². The van der Waals surface area contributed by atoms with Crippen LogP contribution in [-0.2, 0) is 11.3 Å².